The van der Waals surface area contributed by atoms with Crippen molar-refractivity contribution in [2.45, 2.75) is 44.2 Å². The van der Waals surface area contributed by atoms with Gasteiger partial charge in [0, 0.05) is 23.1 Å². The Bertz CT molecular complexity index is 1230. The first-order valence-corrected chi connectivity index (χ1v) is 11.7. The Morgan fingerprint density at radius 1 is 1.15 bits per heavy atom. The number of hydrogen-bond donors (Lipinski definition) is 3. The zero-order valence-corrected chi connectivity index (χ0v) is 19.1. The van der Waals surface area contributed by atoms with Crippen molar-refractivity contribution in [3.05, 3.63) is 65.4 Å². The summed E-state index contributed by atoms with van der Waals surface area (Å²) in [5.41, 5.74) is 4.36. The first-order chi connectivity index (χ1) is 16.5. The number of para-hydroxylation sites is 1. The molecule has 3 aromatic rings. The van der Waals surface area contributed by atoms with Crippen LogP contribution in [0.1, 0.15) is 42.1 Å². The van der Waals surface area contributed by atoms with E-state index in [0.717, 1.165) is 41.8 Å². The van der Waals surface area contributed by atoms with Crippen LogP contribution in [0.15, 0.2) is 48.5 Å². The number of carbonyl (C=O) groups excluding carboxylic acids is 3. The van der Waals surface area contributed by atoms with Gasteiger partial charge in [0.25, 0.3) is 5.91 Å². The van der Waals surface area contributed by atoms with Gasteiger partial charge in [0.1, 0.15) is 11.8 Å². The number of aromatic amines is 1. The van der Waals surface area contributed by atoms with Crippen LogP contribution < -0.4 is 15.4 Å². The minimum Gasteiger partial charge on any atom is -0.497 e. The van der Waals surface area contributed by atoms with E-state index in [0.29, 0.717) is 6.42 Å². The number of nitrogens with one attached hydrogen (secondary N) is 3. The number of H-pyrrole nitrogens is 1. The number of methoxy groups -OCH3 is 1. The fourth-order valence-corrected chi connectivity index (χ4v) is 4.96. The van der Waals surface area contributed by atoms with Gasteiger partial charge < -0.3 is 20.4 Å². The predicted molar refractivity (Wildman–Crippen MR) is 127 cm³/mol. The van der Waals surface area contributed by atoms with E-state index in [-0.39, 0.29) is 30.8 Å². The minimum absolute atomic E-state index is 0.0737. The summed E-state index contributed by atoms with van der Waals surface area (Å²) >= 11 is 0. The number of aromatic nitrogens is 1. The number of nitrogens with zero attached hydrogens (tertiary/aromatic N) is 1. The molecule has 0 radical (unpaired) electrons. The first kappa shape index (κ1) is 22.0. The van der Waals surface area contributed by atoms with Gasteiger partial charge in [0.05, 0.1) is 19.6 Å². The Morgan fingerprint density at radius 2 is 1.94 bits per heavy atom. The summed E-state index contributed by atoms with van der Waals surface area (Å²) in [5, 5.41) is 6.94. The molecule has 1 saturated heterocycles. The lowest BCUT2D eigenvalue weighted by atomic mass is 9.91. The van der Waals surface area contributed by atoms with Crippen molar-refractivity contribution in [2.24, 2.45) is 0 Å². The number of ether oxygens (including phenoxy) is 1. The Hall–Kier alpha value is -3.81. The number of urea groups is 1. The van der Waals surface area contributed by atoms with E-state index >= 15 is 0 Å². The van der Waals surface area contributed by atoms with Gasteiger partial charge >= 0.3 is 6.03 Å². The summed E-state index contributed by atoms with van der Waals surface area (Å²) < 4.78 is 5.15. The quantitative estimate of drug-likeness (QED) is 0.471. The van der Waals surface area contributed by atoms with Gasteiger partial charge in [-0.2, -0.15) is 0 Å². The molecule has 0 spiro atoms. The van der Waals surface area contributed by atoms with Crippen LogP contribution in [0.4, 0.5) is 4.79 Å². The van der Waals surface area contributed by atoms with Crippen LogP contribution in [0.3, 0.4) is 0 Å². The fraction of sp³-hybridized carbons (Fsp3) is 0.346. The van der Waals surface area contributed by atoms with Crippen molar-refractivity contribution < 1.29 is 19.1 Å². The highest BCUT2D eigenvalue weighted by Gasteiger charge is 2.39. The third-order valence-corrected chi connectivity index (χ3v) is 6.73. The highest BCUT2D eigenvalue weighted by molar-refractivity contribution is 6.05. The van der Waals surface area contributed by atoms with E-state index in [9.17, 15) is 14.4 Å². The zero-order valence-electron chi connectivity index (χ0n) is 19.1. The fourth-order valence-electron chi connectivity index (χ4n) is 4.96. The number of aryl methyl sites for hydroxylation is 1. The Balaban J connectivity index is 1.19. The molecule has 4 amide bonds. The van der Waals surface area contributed by atoms with Crippen LogP contribution in [0, 0.1) is 0 Å². The lowest BCUT2D eigenvalue weighted by molar-refractivity contribution is -0.131. The van der Waals surface area contributed by atoms with Crippen LogP contribution in [-0.4, -0.2) is 47.4 Å². The molecule has 176 valence electrons. The van der Waals surface area contributed by atoms with Crippen molar-refractivity contribution >= 4 is 28.7 Å². The van der Waals surface area contributed by atoms with Gasteiger partial charge in [-0.05, 0) is 55.0 Å². The first-order valence-electron chi connectivity index (χ1n) is 11.7. The standard InChI is InChI=1S/C26H28N4O4/c1-34-17-11-9-16(10-12-17)13-14-30-25(32)22(29-26(30)33)15-23(31)27-21-8-4-6-19-18-5-2-3-7-20(18)28-24(19)21/h2-3,5,7,9-12,21-22,28H,4,6,8,13-15H2,1H3,(H,27,31)(H,29,33)/t21?,22-/m0/s1. The van der Waals surface area contributed by atoms with E-state index in [1.807, 2.05) is 42.5 Å². The Kier molecular flexibility index (Phi) is 5.96. The second-order valence-corrected chi connectivity index (χ2v) is 8.87. The van der Waals surface area contributed by atoms with Crippen molar-refractivity contribution in [3.63, 3.8) is 0 Å². The van der Waals surface area contributed by atoms with E-state index in [2.05, 4.69) is 21.7 Å². The average molecular weight is 461 g/mol. The molecule has 8 nitrogen and oxygen atoms in total. The van der Waals surface area contributed by atoms with E-state index in [4.69, 9.17) is 4.74 Å². The molecule has 8 heteroatoms. The number of imide groups is 1. The summed E-state index contributed by atoms with van der Waals surface area (Å²) in [5.74, 6) is 0.151. The van der Waals surface area contributed by atoms with Gasteiger partial charge in [-0.15, -0.1) is 0 Å². The zero-order chi connectivity index (χ0) is 23.7. The molecule has 1 unspecified atom stereocenters. The summed E-state index contributed by atoms with van der Waals surface area (Å²) in [6.07, 6.45) is 3.26. The number of rotatable bonds is 7. The summed E-state index contributed by atoms with van der Waals surface area (Å²) in [6.45, 7) is 0.260. The summed E-state index contributed by atoms with van der Waals surface area (Å²) in [4.78, 5) is 42.7. The molecule has 2 aromatic carbocycles. The molecular formula is C26H28N4O4. The second-order valence-electron chi connectivity index (χ2n) is 8.87. The summed E-state index contributed by atoms with van der Waals surface area (Å²) in [7, 11) is 1.60. The van der Waals surface area contributed by atoms with Gasteiger partial charge in [0.15, 0.2) is 0 Å². The highest BCUT2D eigenvalue weighted by Crippen LogP contribution is 2.34. The predicted octanol–water partition coefficient (Wildman–Crippen LogP) is 3.22. The average Bonchev–Trinajstić information content (AvgIpc) is 3.35. The lowest BCUT2D eigenvalue weighted by Crippen LogP contribution is -2.38. The largest absolute Gasteiger partial charge is 0.497 e. The number of amides is 4. The third kappa shape index (κ3) is 4.23. The molecule has 1 aliphatic heterocycles. The van der Waals surface area contributed by atoms with Crippen LogP contribution in [0.5, 0.6) is 5.75 Å². The lowest BCUT2D eigenvalue weighted by Gasteiger charge is -2.24. The second kappa shape index (κ2) is 9.21. The number of fused-ring (bicyclic) bond motifs is 3. The minimum atomic E-state index is -0.839. The summed E-state index contributed by atoms with van der Waals surface area (Å²) in [6, 6.07) is 14.2. The van der Waals surface area contributed by atoms with Gasteiger partial charge in [-0.25, -0.2) is 4.79 Å². The smallest absolute Gasteiger partial charge is 0.324 e. The maximum Gasteiger partial charge on any atom is 0.324 e. The highest BCUT2D eigenvalue weighted by atomic mass is 16.5. The Morgan fingerprint density at radius 3 is 2.74 bits per heavy atom. The Labute approximate surface area is 197 Å². The monoisotopic (exact) mass is 460 g/mol. The molecule has 0 bridgehead atoms. The van der Waals surface area contributed by atoms with Crippen molar-refractivity contribution in [3.8, 4) is 5.75 Å². The molecule has 34 heavy (non-hydrogen) atoms. The van der Waals surface area contributed by atoms with E-state index in [1.165, 1.54) is 15.8 Å². The molecule has 2 atom stereocenters. The van der Waals surface area contributed by atoms with E-state index in [1.54, 1.807) is 7.11 Å². The normalized spacial score (nSPS) is 19.7. The number of hydrogen-bond acceptors (Lipinski definition) is 4. The molecule has 1 aliphatic carbocycles. The van der Waals surface area contributed by atoms with Gasteiger partial charge in [-0.1, -0.05) is 30.3 Å². The molecule has 1 aromatic heterocycles. The van der Waals surface area contributed by atoms with Crippen molar-refractivity contribution in [2.75, 3.05) is 13.7 Å². The molecular weight excluding hydrogens is 432 g/mol. The maximum absolute atomic E-state index is 12.8. The van der Waals surface area contributed by atoms with Crippen LogP contribution in [0.25, 0.3) is 10.9 Å². The number of benzene rings is 2. The van der Waals surface area contributed by atoms with Crippen molar-refractivity contribution in [1.82, 2.24) is 20.5 Å². The van der Waals surface area contributed by atoms with Crippen molar-refractivity contribution in [1.29, 1.82) is 0 Å². The molecule has 5 rings (SSSR count). The van der Waals surface area contributed by atoms with Gasteiger partial charge in [-0.3, -0.25) is 14.5 Å². The molecule has 2 aliphatic rings. The van der Waals surface area contributed by atoms with Crippen LogP contribution in [-0.2, 0) is 22.4 Å². The number of carbonyl (C=O) groups is 3. The SMILES string of the molecule is COc1ccc(CCN2C(=O)N[C@@H](CC(=O)NC3CCCc4c3[nH]c3ccccc43)C2=O)cc1. The molecule has 0 saturated carbocycles. The maximum atomic E-state index is 12.8. The third-order valence-electron chi connectivity index (χ3n) is 6.73. The van der Waals surface area contributed by atoms with Crippen LogP contribution >= 0.6 is 0 Å². The topological polar surface area (TPSA) is 104 Å². The van der Waals surface area contributed by atoms with E-state index < -0.39 is 12.1 Å². The van der Waals surface area contributed by atoms with Crippen LogP contribution in [0.2, 0.25) is 0 Å². The van der Waals surface area contributed by atoms with Gasteiger partial charge in [0.2, 0.25) is 5.91 Å². The molecule has 2 heterocycles. The molecule has 3 N–H and O–H groups in total. The molecule has 1 fully saturated rings.